The van der Waals surface area contributed by atoms with E-state index in [9.17, 15) is 22.0 Å². The Morgan fingerprint density at radius 2 is 1.54 bits per heavy atom. The molecule has 7 heteroatoms. The van der Waals surface area contributed by atoms with Gasteiger partial charge >= 0.3 is 12.2 Å². The molecule has 0 aliphatic carbocycles. The fourth-order valence-corrected chi connectivity index (χ4v) is 0.736. The van der Waals surface area contributed by atoms with Crippen molar-refractivity contribution < 1.29 is 26.7 Å². The van der Waals surface area contributed by atoms with Gasteiger partial charge in [0.25, 0.3) is 5.83 Å². The van der Waals surface area contributed by atoms with Gasteiger partial charge in [0.1, 0.15) is 3.61 Å². The molecule has 78 valence electrons. The predicted molar refractivity (Wildman–Crippen MR) is 44.5 cm³/mol. The molecule has 1 nitrogen and oxygen atoms in total. The minimum Gasteiger partial charge on any atom is -0.298 e. The molecule has 0 aliphatic rings. The van der Waals surface area contributed by atoms with Gasteiger partial charge in [0.15, 0.2) is 0 Å². The molecule has 0 heterocycles. The molecule has 0 aliphatic heterocycles. The fourth-order valence-electron chi connectivity index (χ4n) is 0.460. The zero-order valence-corrected chi connectivity index (χ0v) is 8.83. The van der Waals surface area contributed by atoms with E-state index in [1.807, 2.05) is 0 Å². The quantitative estimate of drug-likeness (QED) is 0.437. The first-order chi connectivity index (χ1) is 5.56. The van der Waals surface area contributed by atoms with Crippen LogP contribution in [0.1, 0.15) is 13.8 Å². The van der Waals surface area contributed by atoms with Gasteiger partial charge in [0.2, 0.25) is 0 Å². The van der Waals surface area contributed by atoms with E-state index in [1.165, 1.54) is 36.4 Å². The average Bonchev–Trinajstić information content (AvgIpc) is 1.80. The molecule has 0 radical (unpaired) electrons. The van der Waals surface area contributed by atoms with E-state index in [-0.39, 0.29) is 0 Å². The Labute approximate surface area is 85.1 Å². The van der Waals surface area contributed by atoms with E-state index in [0.717, 1.165) is 0 Å². The number of hydrogen-bond acceptors (Lipinski definition) is 1. The standard InChI is InChI=1S/C6H6F5IO/c1-5(2,12)13-6(10,11)3(7)4(8)9/h1-2H3. The van der Waals surface area contributed by atoms with Gasteiger partial charge in [-0.3, -0.25) is 4.74 Å². The molecule has 0 aromatic carbocycles. The Balaban J connectivity index is 4.69. The van der Waals surface area contributed by atoms with Crippen LogP contribution in [0.25, 0.3) is 0 Å². The van der Waals surface area contributed by atoms with Crippen molar-refractivity contribution in [2.75, 3.05) is 0 Å². The minimum absolute atomic E-state index is 1.19. The van der Waals surface area contributed by atoms with Crippen molar-refractivity contribution in [3.63, 3.8) is 0 Å². The molecule has 0 amide bonds. The zero-order valence-electron chi connectivity index (χ0n) is 6.68. The first-order valence-electron chi connectivity index (χ1n) is 3.04. The first-order valence-corrected chi connectivity index (χ1v) is 4.12. The maximum absolute atomic E-state index is 12.4. The van der Waals surface area contributed by atoms with Crippen LogP contribution >= 0.6 is 22.6 Å². The van der Waals surface area contributed by atoms with E-state index in [0.29, 0.717) is 0 Å². The highest BCUT2D eigenvalue weighted by Crippen LogP contribution is 2.36. The van der Waals surface area contributed by atoms with Crippen LogP contribution < -0.4 is 0 Å². The topological polar surface area (TPSA) is 9.23 Å². The maximum Gasteiger partial charge on any atom is 0.416 e. The third-order valence-corrected chi connectivity index (χ3v) is 1.01. The second-order valence-electron chi connectivity index (χ2n) is 2.56. The van der Waals surface area contributed by atoms with Crippen LogP contribution in [0.4, 0.5) is 22.0 Å². The summed E-state index contributed by atoms with van der Waals surface area (Å²) in [6.07, 6.45) is -7.66. The van der Waals surface area contributed by atoms with Crippen LogP contribution in [0.5, 0.6) is 0 Å². The van der Waals surface area contributed by atoms with E-state index < -0.39 is 21.6 Å². The number of halogens is 6. The maximum atomic E-state index is 12.4. The molecule has 0 spiro atoms. The van der Waals surface area contributed by atoms with Crippen molar-refractivity contribution in [2.24, 2.45) is 0 Å². The van der Waals surface area contributed by atoms with Gasteiger partial charge in [0.05, 0.1) is 0 Å². The Morgan fingerprint density at radius 1 is 1.15 bits per heavy atom. The van der Waals surface area contributed by atoms with Gasteiger partial charge in [0, 0.05) is 0 Å². The van der Waals surface area contributed by atoms with Gasteiger partial charge in [-0.05, 0) is 36.4 Å². The minimum atomic E-state index is -4.58. The fraction of sp³-hybridized carbons (Fsp3) is 0.667. The SMILES string of the molecule is CC(C)(I)OC(F)(F)C(F)=C(F)F. The molecule has 0 fully saturated rings. The third kappa shape index (κ3) is 4.75. The Kier molecular flexibility index (Phi) is 4.10. The molecule has 0 rings (SSSR count). The van der Waals surface area contributed by atoms with Gasteiger partial charge in [-0.1, -0.05) is 0 Å². The summed E-state index contributed by atoms with van der Waals surface area (Å²) in [7, 11) is 0. The lowest BCUT2D eigenvalue weighted by Gasteiger charge is -2.23. The summed E-state index contributed by atoms with van der Waals surface area (Å²) in [4.78, 5) is 0. The number of hydrogen-bond donors (Lipinski definition) is 0. The summed E-state index contributed by atoms with van der Waals surface area (Å²) >= 11 is 1.42. The molecule has 0 saturated carbocycles. The number of alkyl halides is 3. The van der Waals surface area contributed by atoms with E-state index in [2.05, 4.69) is 4.74 Å². The Morgan fingerprint density at radius 3 is 1.77 bits per heavy atom. The van der Waals surface area contributed by atoms with Gasteiger partial charge < -0.3 is 0 Å². The monoisotopic (exact) mass is 316 g/mol. The highest BCUT2D eigenvalue weighted by Gasteiger charge is 2.44. The number of ether oxygens (including phenoxy) is 1. The molecule has 0 aromatic heterocycles. The normalized spacial score (nSPS) is 12.9. The summed E-state index contributed by atoms with van der Waals surface area (Å²) in [5.41, 5.74) is 0. The second kappa shape index (κ2) is 4.07. The van der Waals surface area contributed by atoms with E-state index in [4.69, 9.17) is 0 Å². The van der Waals surface area contributed by atoms with Crippen LogP contribution in [0.2, 0.25) is 0 Å². The van der Waals surface area contributed by atoms with Crippen LogP contribution in [-0.2, 0) is 4.74 Å². The molecule has 0 saturated heterocycles. The van der Waals surface area contributed by atoms with Crippen molar-refractivity contribution in [3.05, 3.63) is 11.9 Å². The second-order valence-corrected chi connectivity index (χ2v) is 5.15. The molecule has 13 heavy (non-hydrogen) atoms. The molecular weight excluding hydrogens is 310 g/mol. The van der Waals surface area contributed by atoms with Crippen molar-refractivity contribution in [1.82, 2.24) is 0 Å². The largest absolute Gasteiger partial charge is 0.416 e. The smallest absolute Gasteiger partial charge is 0.298 e. The van der Waals surface area contributed by atoms with Crippen LogP contribution in [0, 0.1) is 0 Å². The van der Waals surface area contributed by atoms with Crippen molar-refractivity contribution in [3.8, 4) is 0 Å². The summed E-state index contributed by atoms with van der Waals surface area (Å²) < 4.78 is 62.2. The van der Waals surface area contributed by atoms with Crippen LogP contribution in [0.15, 0.2) is 11.9 Å². The molecular formula is C6H6F5IO. The molecule has 0 N–H and O–H groups in total. The lowest BCUT2D eigenvalue weighted by Crippen LogP contribution is -2.31. The van der Waals surface area contributed by atoms with Crippen molar-refractivity contribution >= 4 is 22.6 Å². The lowest BCUT2D eigenvalue weighted by molar-refractivity contribution is -0.245. The first kappa shape index (κ1) is 13.1. The van der Waals surface area contributed by atoms with E-state index >= 15 is 0 Å². The van der Waals surface area contributed by atoms with E-state index in [1.54, 1.807) is 0 Å². The Hall–Kier alpha value is 0.0800. The molecule has 0 aromatic rings. The molecule has 0 bridgehead atoms. The summed E-state index contributed by atoms with van der Waals surface area (Å²) in [6, 6.07) is 0. The predicted octanol–water partition coefficient (Wildman–Crippen LogP) is 3.84. The van der Waals surface area contributed by atoms with Gasteiger partial charge in [-0.15, -0.1) is 0 Å². The van der Waals surface area contributed by atoms with Crippen LogP contribution in [0.3, 0.4) is 0 Å². The molecule has 0 unspecified atom stereocenters. The number of rotatable bonds is 3. The van der Waals surface area contributed by atoms with Crippen molar-refractivity contribution in [1.29, 1.82) is 0 Å². The van der Waals surface area contributed by atoms with Gasteiger partial charge in [-0.2, -0.15) is 22.0 Å². The van der Waals surface area contributed by atoms with Crippen LogP contribution in [-0.4, -0.2) is 9.72 Å². The zero-order chi connectivity index (χ0) is 10.9. The third-order valence-electron chi connectivity index (χ3n) is 0.792. The van der Waals surface area contributed by atoms with Crippen molar-refractivity contribution in [2.45, 2.75) is 23.6 Å². The highest BCUT2D eigenvalue weighted by atomic mass is 127. The Bertz CT molecular complexity index is 216. The highest BCUT2D eigenvalue weighted by molar-refractivity contribution is 14.1. The summed E-state index contributed by atoms with van der Waals surface area (Å²) in [5, 5.41) is 0. The summed E-state index contributed by atoms with van der Waals surface area (Å²) in [5.74, 6) is -2.85. The molecule has 0 atom stereocenters. The van der Waals surface area contributed by atoms with Gasteiger partial charge in [-0.25, -0.2) is 0 Å². The lowest BCUT2D eigenvalue weighted by atomic mass is 10.4. The summed E-state index contributed by atoms with van der Waals surface area (Å²) in [6.45, 7) is 2.37. The average molecular weight is 316 g/mol.